The molecule has 3 heterocycles. The fourth-order valence-electron chi connectivity index (χ4n) is 2.92. The lowest BCUT2D eigenvalue weighted by molar-refractivity contribution is 0.0444. The van der Waals surface area contributed by atoms with Crippen LogP contribution in [0.25, 0.3) is 0 Å². The average Bonchev–Trinajstić information content (AvgIpc) is 2.90. The summed E-state index contributed by atoms with van der Waals surface area (Å²) in [4.78, 5) is 17.1. The fraction of sp³-hybridized carbons (Fsp3) is 0.769. The summed E-state index contributed by atoms with van der Waals surface area (Å²) in [7, 11) is 0. The lowest BCUT2D eigenvalue weighted by Crippen LogP contribution is -2.47. The van der Waals surface area contributed by atoms with Crippen molar-refractivity contribution in [1.29, 1.82) is 0 Å². The van der Waals surface area contributed by atoms with E-state index in [0.29, 0.717) is 18.4 Å². The number of hydrogen-bond donors (Lipinski definition) is 1. The van der Waals surface area contributed by atoms with E-state index in [-0.39, 0.29) is 5.28 Å². The van der Waals surface area contributed by atoms with Gasteiger partial charge in [-0.05, 0) is 44.2 Å². The van der Waals surface area contributed by atoms with Gasteiger partial charge in [-0.2, -0.15) is 15.0 Å². The Bertz CT molecular complexity index is 490. The molecule has 1 atom stereocenters. The highest BCUT2D eigenvalue weighted by Crippen LogP contribution is 2.26. The van der Waals surface area contributed by atoms with E-state index in [1.54, 1.807) is 0 Å². The van der Waals surface area contributed by atoms with Gasteiger partial charge in [-0.25, -0.2) is 0 Å². The Hall–Kier alpha value is -1.14. The summed E-state index contributed by atoms with van der Waals surface area (Å²) >= 11 is 6.04. The largest absolute Gasteiger partial charge is 0.388 e. The molecule has 7 heteroatoms. The lowest BCUT2D eigenvalue weighted by atomic mass is 9.95. The molecule has 1 aromatic heterocycles. The molecule has 2 saturated heterocycles. The van der Waals surface area contributed by atoms with Crippen molar-refractivity contribution >= 4 is 23.5 Å². The third-order valence-corrected chi connectivity index (χ3v) is 4.10. The van der Waals surface area contributed by atoms with Gasteiger partial charge in [0.1, 0.15) is 0 Å². The second-order valence-corrected chi connectivity index (χ2v) is 6.26. The molecule has 1 aromatic rings. The number of rotatable bonds is 2. The SMILES string of the molecule is CC1(O)CCCN(c2nc(Cl)nc(N3CCCC3)n2)C1. The number of nitrogens with zero attached hydrogens (tertiary/aromatic N) is 5. The van der Waals surface area contributed by atoms with Crippen LogP contribution in [0, 0.1) is 0 Å². The second-order valence-electron chi connectivity index (χ2n) is 5.92. The first-order valence-electron chi connectivity index (χ1n) is 7.17. The molecule has 0 radical (unpaired) electrons. The van der Waals surface area contributed by atoms with E-state index in [1.165, 1.54) is 0 Å². The van der Waals surface area contributed by atoms with Crippen LogP contribution in [-0.2, 0) is 0 Å². The van der Waals surface area contributed by atoms with E-state index < -0.39 is 5.60 Å². The zero-order valence-corrected chi connectivity index (χ0v) is 12.5. The minimum atomic E-state index is -0.689. The number of halogens is 1. The van der Waals surface area contributed by atoms with Crippen LogP contribution < -0.4 is 9.80 Å². The summed E-state index contributed by atoms with van der Waals surface area (Å²) in [5.74, 6) is 1.23. The Morgan fingerprint density at radius 2 is 1.60 bits per heavy atom. The van der Waals surface area contributed by atoms with E-state index >= 15 is 0 Å². The maximum Gasteiger partial charge on any atom is 0.231 e. The molecular formula is C13H20ClN5O. The van der Waals surface area contributed by atoms with E-state index in [0.717, 1.165) is 45.3 Å². The highest BCUT2D eigenvalue weighted by molar-refractivity contribution is 6.28. The van der Waals surface area contributed by atoms with Gasteiger partial charge in [0.05, 0.1) is 5.60 Å². The standard InChI is InChI=1S/C13H20ClN5O/c1-13(20)5-4-8-19(9-13)12-16-10(14)15-11(17-12)18-6-2-3-7-18/h20H,2-9H2,1H3. The normalized spacial score (nSPS) is 27.1. The van der Waals surface area contributed by atoms with Crippen LogP contribution in [0.5, 0.6) is 0 Å². The number of anilines is 2. The van der Waals surface area contributed by atoms with Crippen molar-refractivity contribution < 1.29 is 5.11 Å². The molecule has 0 aliphatic carbocycles. The molecule has 1 unspecified atom stereocenters. The van der Waals surface area contributed by atoms with Crippen LogP contribution in [0.15, 0.2) is 0 Å². The number of piperidine rings is 1. The maximum absolute atomic E-state index is 10.2. The molecule has 110 valence electrons. The average molecular weight is 298 g/mol. The van der Waals surface area contributed by atoms with Crippen molar-refractivity contribution in [2.45, 2.75) is 38.2 Å². The Morgan fingerprint density at radius 1 is 1.00 bits per heavy atom. The topological polar surface area (TPSA) is 65.4 Å². The first-order valence-corrected chi connectivity index (χ1v) is 7.55. The predicted molar refractivity (Wildman–Crippen MR) is 78.4 cm³/mol. The summed E-state index contributed by atoms with van der Waals surface area (Å²) in [5.41, 5.74) is -0.689. The van der Waals surface area contributed by atoms with Crippen molar-refractivity contribution in [1.82, 2.24) is 15.0 Å². The Labute approximate surface area is 123 Å². The third kappa shape index (κ3) is 2.96. The molecule has 3 rings (SSSR count). The van der Waals surface area contributed by atoms with E-state index in [4.69, 9.17) is 11.6 Å². The van der Waals surface area contributed by atoms with Crippen molar-refractivity contribution in [3.05, 3.63) is 5.28 Å². The zero-order chi connectivity index (χ0) is 14.2. The van der Waals surface area contributed by atoms with Crippen LogP contribution in [0.2, 0.25) is 5.28 Å². The number of hydrogen-bond acceptors (Lipinski definition) is 6. The summed E-state index contributed by atoms with van der Waals surface area (Å²) in [5, 5.41) is 10.4. The van der Waals surface area contributed by atoms with Crippen LogP contribution in [0.4, 0.5) is 11.9 Å². The number of aromatic nitrogens is 3. The van der Waals surface area contributed by atoms with E-state index in [9.17, 15) is 5.11 Å². The summed E-state index contributed by atoms with van der Waals surface area (Å²) in [6.07, 6.45) is 4.06. The van der Waals surface area contributed by atoms with Gasteiger partial charge in [-0.1, -0.05) is 0 Å². The molecule has 2 aliphatic rings. The van der Waals surface area contributed by atoms with Gasteiger partial charge in [0.15, 0.2) is 0 Å². The zero-order valence-electron chi connectivity index (χ0n) is 11.7. The Balaban J connectivity index is 1.85. The van der Waals surface area contributed by atoms with E-state index in [2.05, 4.69) is 19.9 Å². The first-order chi connectivity index (χ1) is 9.53. The molecule has 0 aromatic carbocycles. The second kappa shape index (κ2) is 5.33. The molecule has 6 nitrogen and oxygen atoms in total. The molecule has 2 aliphatic heterocycles. The van der Waals surface area contributed by atoms with Gasteiger partial charge < -0.3 is 14.9 Å². The highest BCUT2D eigenvalue weighted by atomic mass is 35.5. The predicted octanol–water partition coefficient (Wildman–Crippen LogP) is 1.48. The molecule has 0 bridgehead atoms. The molecule has 2 fully saturated rings. The molecular weight excluding hydrogens is 278 g/mol. The van der Waals surface area contributed by atoms with Gasteiger partial charge in [0.25, 0.3) is 0 Å². The monoisotopic (exact) mass is 297 g/mol. The van der Waals surface area contributed by atoms with Gasteiger partial charge >= 0.3 is 0 Å². The lowest BCUT2D eigenvalue weighted by Gasteiger charge is -2.36. The van der Waals surface area contributed by atoms with Crippen molar-refractivity contribution in [3.63, 3.8) is 0 Å². The van der Waals surface area contributed by atoms with Gasteiger partial charge in [0.2, 0.25) is 17.2 Å². The molecule has 20 heavy (non-hydrogen) atoms. The first kappa shape index (κ1) is 13.8. The quantitative estimate of drug-likeness (QED) is 0.892. The van der Waals surface area contributed by atoms with Gasteiger partial charge in [0, 0.05) is 26.2 Å². The third-order valence-electron chi connectivity index (χ3n) is 3.93. The Kier molecular flexibility index (Phi) is 3.69. The molecule has 0 saturated carbocycles. The number of aliphatic hydroxyl groups is 1. The fourth-order valence-corrected chi connectivity index (χ4v) is 3.07. The highest BCUT2D eigenvalue weighted by Gasteiger charge is 2.30. The van der Waals surface area contributed by atoms with Crippen LogP contribution in [0.3, 0.4) is 0 Å². The van der Waals surface area contributed by atoms with Crippen LogP contribution in [-0.4, -0.2) is 51.8 Å². The van der Waals surface area contributed by atoms with E-state index in [1.807, 2.05) is 11.8 Å². The van der Waals surface area contributed by atoms with Gasteiger partial charge in [-0.15, -0.1) is 0 Å². The number of β-amino-alcohol motifs (C(OH)–C–C–N with tert-alkyl or cyclic N) is 1. The van der Waals surface area contributed by atoms with Crippen molar-refractivity contribution in [2.24, 2.45) is 0 Å². The smallest absolute Gasteiger partial charge is 0.231 e. The summed E-state index contributed by atoms with van der Waals surface area (Å²) in [6, 6.07) is 0. The van der Waals surface area contributed by atoms with Crippen molar-refractivity contribution in [3.8, 4) is 0 Å². The Morgan fingerprint density at radius 3 is 2.25 bits per heavy atom. The maximum atomic E-state index is 10.2. The minimum absolute atomic E-state index is 0.224. The summed E-state index contributed by atoms with van der Waals surface area (Å²) in [6.45, 7) is 5.17. The molecule has 0 amide bonds. The minimum Gasteiger partial charge on any atom is -0.388 e. The summed E-state index contributed by atoms with van der Waals surface area (Å²) < 4.78 is 0. The van der Waals surface area contributed by atoms with Crippen LogP contribution >= 0.6 is 11.6 Å². The van der Waals surface area contributed by atoms with Crippen molar-refractivity contribution in [2.75, 3.05) is 36.0 Å². The van der Waals surface area contributed by atoms with Gasteiger partial charge in [-0.3, -0.25) is 0 Å². The molecule has 0 spiro atoms. The molecule has 1 N–H and O–H groups in total. The van der Waals surface area contributed by atoms with Crippen LogP contribution in [0.1, 0.15) is 32.6 Å².